The molecule has 0 aliphatic carbocycles. The Hall–Kier alpha value is -3.15. The van der Waals surface area contributed by atoms with Gasteiger partial charge in [-0.05, 0) is 42.3 Å². The number of ether oxygens (including phenoxy) is 1. The number of aromatic hydroxyl groups is 1. The molecule has 0 aliphatic heterocycles. The minimum atomic E-state index is -0.0362. The van der Waals surface area contributed by atoms with Gasteiger partial charge in [-0.3, -0.25) is 4.79 Å². The zero-order chi connectivity index (χ0) is 18.8. The van der Waals surface area contributed by atoms with Gasteiger partial charge in [0.15, 0.2) is 0 Å². The van der Waals surface area contributed by atoms with Crippen molar-refractivity contribution in [3.8, 4) is 22.8 Å². The summed E-state index contributed by atoms with van der Waals surface area (Å²) in [6.07, 6.45) is 0.255. The number of methoxy groups -OCH3 is 1. The maximum Gasteiger partial charge on any atom is 0.226 e. The molecule has 2 aromatic carbocycles. The lowest BCUT2D eigenvalue weighted by atomic mass is 9.99. The first-order valence-electron chi connectivity index (χ1n) is 8.24. The van der Waals surface area contributed by atoms with Crippen molar-refractivity contribution in [1.82, 2.24) is 14.9 Å². The van der Waals surface area contributed by atoms with Crippen LogP contribution in [0.5, 0.6) is 11.6 Å². The van der Waals surface area contributed by atoms with Crippen LogP contribution in [0.4, 0.5) is 0 Å². The van der Waals surface area contributed by atoms with E-state index in [4.69, 9.17) is 4.74 Å². The van der Waals surface area contributed by atoms with Gasteiger partial charge in [0, 0.05) is 19.7 Å². The van der Waals surface area contributed by atoms with Crippen molar-refractivity contribution >= 4 is 16.8 Å². The van der Waals surface area contributed by atoms with Gasteiger partial charge in [-0.2, -0.15) is 4.98 Å². The fourth-order valence-electron chi connectivity index (χ4n) is 2.82. The highest BCUT2D eigenvalue weighted by Crippen LogP contribution is 2.31. The van der Waals surface area contributed by atoms with Gasteiger partial charge in [-0.15, -0.1) is 0 Å². The summed E-state index contributed by atoms with van der Waals surface area (Å²) in [5, 5.41) is 10.7. The smallest absolute Gasteiger partial charge is 0.226 e. The first kappa shape index (κ1) is 17.7. The third-order valence-corrected chi connectivity index (χ3v) is 4.24. The quantitative estimate of drug-likeness (QED) is 0.782. The number of carbonyl (C=O) groups is 1. The van der Waals surface area contributed by atoms with E-state index in [1.165, 1.54) is 0 Å². The number of benzene rings is 2. The van der Waals surface area contributed by atoms with Crippen molar-refractivity contribution in [2.24, 2.45) is 0 Å². The van der Waals surface area contributed by atoms with Gasteiger partial charge in [-0.25, -0.2) is 4.98 Å². The molecule has 26 heavy (non-hydrogen) atoms. The molecule has 1 heterocycles. The zero-order valence-electron chi connectivity index (χ0n) is 15.3. The van der Waals surface area contributed by atoms with Gasteiger partial charge in [0.05, 0.1) is 24.4 Å². The summed E-state index contributed by atoms with van der Waals surface area (Å²) in [4.78, 5) is 22.0. The summed E-state index contributed by atoms with van der Waals surface area (Å²) in [7, 11) is 5.05. The highest BCUT2D eigenvalue weighted by molar-refractivity contribution is 5.88. The van der Waals surface area contributed by atoms with Crippen LogP contribution in [-0.2, 0) is 11.2 Å². The van der Waals surface area contributed by atoms with Crippen LogP contribution in [0.2, 0.25) is 0 Å². The van der Waals surface area contributed by atoms with Crippen LogP contribution in [0.1, 0.15) is 11.4 Å². The topological polar surface area (TPSA) is 75.5 Å². The Morgan fingerprint density at radius 1 is 1.12 bits per heavy atom. The van der Waals surface area contributed by atoms with Gasteiger partial charge in [0.25, 0.3) is 0 Å². The summed E-state index contributed by atoms with van der Waals surface area (Å²) >= 11 is 0. The molecular weight excluding hydrogens is 330 g/mol. The van der Waals surface area contributed by atoms with E-state index in [9.17, 15) is 9.90 Å². The Labute approximate surface area is 152 Å². The van der Waals surface area contributed by atoms with Crippen molar-refractivity contribution in [2.75, 3.05) is 21.2 Å². The third kappa shape index (κ3) is 3.44. The van der Waals surface area contributed by atoms with E-state index < -0.39 is 0 Å². The predicted octanol–water partition coefficient (Wildman–Crippen LogP) is 2.95. The Morgan fingerprint density at radius 2 is 1.81 bits per heavy atom. The molecular formula is C20H21N3O3. The molecule has 0 unspecified atom stereocenters. The van der Waals surface area contributed by atoms with Crippen molar-refractivity contribution in [3.63, 3.8) is 0 Å². The molecule has 1 amide bonds. The van der Waals surface area contributed by atoms with E-state index in [2.05, 4.69) is 9.97 Å². The summed E-state index contributed by atoms with van der Waals surface area (Å²) < 4.78 is 5.39. The van der Waals surface area contributed by atoms with Crippen molar-refractivity contribution in [3.05, 3.63) is 47.8 Å². The van der Waals surface area contributed by atoms with Gasteiger partial charge >= 0.3 is 0 Å². The Balaban J connectivity index is 2.06. The highest BCUT2D eigenvalue weighted by Gasteiger charge is 2.13. The monoisotopic (exact) mass is 351 g/mol. The third-order valence-electron chi connectivity index (χ3n) is 4.24. The number of fused-ring (bicyclic) bond motifs is 1. The number of amides is 1. The Bertz CT molecular complexity index is 983. The molecule has 6 nitrogen and oxygen atoms in total. The Morgan fingerprint density at radius 3 is 2.50 bits per heavy atom. The molecule has 0 atom stereocenters. The lowest BCUT2D eigenvalue weighted by Gasteiger charge is -2.14. The SMILES string of the molecule is COc1ccc(-c2ccc3nc(C)nc(O)c3c2)cc1CC(=O)N(C)C. The molecule has 1 aromatic heterocycles. The second-order valence-corrected chi connectivity index (χ2v) is 6.32. The molecule has 0 fully saturated rings. The van der Waals surface area contributed by atoms with Gasteiger partial charge < -0.3 is 14.7 Å². The maximum atomic E-state index is 12.1. The molecule has 0 saturated heterocycles. The molecule has 6 heteroatoms. The summed E-state index contributed by atoms with van der Waals surface area (Å²) in [5.74, 6) is 1.16. The van der Waals surface area contributed by atoms with Crippen LogP contribution in [-0.4, -0.2) is 47.1 Å². The second-order valence-electron chi connectivity index (χ2n) is 6.32. The summed E-state index contributed by atoms with van der Waals surface area (Å²) in [6, 6.07) is 11.4. The van der Waals surface area contributed by atoms with E-state index in [0.29, 0.717) is 22.5 Å². The zero-order valence-corrected chi connectivity index (χ0v) is 15.3. The van der Waals surface area contributed by atoms with Crippen molar-refractivity contribution in [2.45, 2.75) is 13.3 Å². The van der Waals surface area contributed by atoms with Gasteiger partial charge in [0.1, 0.15) is 11.6 Å². The van der Waals surface area contributed by atoms with Crippen LogP contribution in [0, 0.1) is 6.92 Å². The summed E-state index contributed by atoms with van der Waals surface area (Å²) in [5.41, 5.74) is 3.33. The lowest BCUT2D eigenvalue weighted by Crippen LogP contribution is -2.23. The number of aryl methyl sites for hydroxylation is 1. The molecule has 1 N–H and O–H groups in total. The molecule has 0 bridgehead atoms. The number of rotatable bonds is 4. The number of carbonyl (C=O) groups excluding carboxylic acids is 1. The molecule has 3 aromatic rings. The molecule has 0 aliphatic rings. The number of likely N-dealkylation sites (N-methyl/N-ethyl adjacent to an activating group) is 1. The molecule has 0 spiro atoms. The molecule has 134 valence electrons. The van der Waals surface area contributed by atoms with Crippen molar-refractivity contribution in [1.29, 1.82) is 0 Å². The predicted molar refractivity (Wildman–Crippen MR) is 100 cm³/mol. The standard InChI is InChI=1S/C20H21N3O3/c1-12-21-17-7-5-14(10-16(17)20(25)22-12)13-6-8-18(26-4)15(9-13)11-19(24)23(2)3/h5-10H,11H2,1-4H3,(H,21,22,25). The van der Waals surface area contributed by atoms with Crippen LogP contribution in [0.15, 0.2) is 36.4 Å². The van der Waals surface area contributed by atoms with E-state index in [0.717, 1.165) is 16.7 Å². The number of aromatic nitrogens is 2. The second kappa shape index (κ2) is 7.00. The van der Waals surface area contributed by atoms with Crippen LogP contribution in [0.25, 0.3) is 22.0 Å². The van der Waals surface area contributed by atoms with E-state index >= 15 is 0 Å². The fourth-order valence-corrected chi connectivity index (χ4v) is 2.82. The average Bonchev–Trinajstić information content (AvgIpc) is 2.61. The number of hydrogen-bond acceptors (Lipinski definition) is 5. The number of nitrogens with zero attached hydrogens (tertiary/aromatic N) is 3. The normalized spacial score (nSPS) is 10.8. The number of hydrogen-bond donors (Lipinski definition) is 1. The summed E-state index contributed by atoms with van der Waals surface area (Å²) in [6.45, 7) is 1.74. The first-order valence-corrected chi connectivity index (χ1v) is 8.24. The Kier molecular flexibility index (Phi) is 4.75. The highest BCUT2D eigenvalue weighted by atomic mass is 16.5. The largest absolute Gasteiger partial charge is 0.496 e. The molecule has 3 rings (SSSR count). The van der Waals surface area contributed by atoms with Crippen LogP contribution in [0.3, 0.4) is 0 Å². The van der Waals surface area contributed by atoms with E-state index in [1.807, 2.05) is 36.4 Å². The first-order chi connectivity index (χ1) is 12.4. The molecule has 0 radical (unpaired) electrons. The van der Waals surface area contributed by atoms with Gasteiger partial charge in [-0.1, -0.05) is 12.1 Å². The van der Waals surface area contributed by atoms with Crippen LogP contribution >= 0.6 is 0 Å². The average molecular weight is 351 g/mol. The van der Waals surface area contributed by atoms with Crippen LogP contribution < -0.4 is 4.74 Å². The minimum absolute atomic E-state index is 0.000445. The maximum absolute atomic E-state index is 12.1. The van der Waals surface area contributed by atoms with E-state index in [-0.39, 0.29) is 18.2 Å². The minimum Gasteiger partial charge on any atom is -0.496 e. The fraction of sp³-hybridized carbons (Fsp3) is 0.250. The van der Waals surface area contributed by atoms with Gasteiger partial charge in [0.2, 0.25) is 11.8 Å². The lowest BCUT2D eigenvalue weighted by molar-refractivity contribution is -0.127. The van der Waals surface area contributed by atoms with E-state index in [1.54, 1.807) is 33.0 Å². The van der Waals surface area contributed by atoms with Crippen molar-refractivity contribution < 1.29 is 14.6 Å². The molecule has 0 saturated carbocycles.